The monoisotopic (exact) mass is 640 g/mol. The smallest absolute Gasteiger partial charge is 0.298 e. The highest BCUT2D eigenvalue weighted by atomic mass is 127. The summed E-state index contributed by atoms with van der Waals surface area (Å²) < 4.78 is 50.6. The van der Waals surface area contributed by atoms with Crippen LogP contribution in [-0.2, 0) is 17.3 Å². The minimum absolute atomic E-state index is 0.0107. The maximum Gasteiger partial charge on any atom is 0.298 e. The van der Waals surface area contributed by atoms with Crippen LogP contribution in [0.3, 0.4) is 0 Å². The maximum atomic E-state index is 14.6. The Morgan fingerprint density at radius 3 is 2.49 bits per heavy atom. The van der Waals surface area contributed by atoms with E-state index in [-0.39, 0.29) is 45.4 Å². The van der Waals surface area contributed by atoms with Gasteiger partial charge in [-0.2, -0.15) is 13.7 Å². The second-order valence-corrected chi connectivity index (χ2v) is 10.4. The number of aromatic nitrogens is 1. The number of nitrogens with one attached hydrogen (secondary N) is 4. The zero-order valence-electron chi connectivity index (χ0n) is 20.1. The van der Waals surface area contributed by atoms with Gasteiger partial charge in [-0.05, 0) is 59.8 Å². The van der Waals surface area contributed by atoms with Crippen molar-refractivity contribution in [3.8, 4) is 17.6 Å². The van der Waals surface area contributed by atoms with Gasteiger partial charge in [0.25, 0.3) is 21.7 Å². The van der Waals surface area contributed by atoms with E-state index in [1.807, 2.05) is 28.7 Å². The van der Waals surface area contributed by atoms with Crippen molar-refractivity contribution in [1.29, 1.82) is 5.26 Å². The van der Waals surface area contributed by atoms with Gasteiger partial charge in [0.2, 0.25) is 0 Å². The quantitative estimate of drug-likeness (QED) is 0.276. The maximum absolute atomic E-state index is 14.6. The molecule has 194 valence electrons. The summed E-state index contributed by atoms with van der Waals surface area (Å²) in [4.78, 5) is 26.1. The van der Waals surface area contributed by atoms with Gasteiger partial charge in [0.05, 0.1) is 16.9 Å². The molecule has 0 atom stereocenters. The highest BCUT2D eigenvalue weighted by molar-refractivity contribution is 14.1. The van der Waals surface area contributed by atoms with Crippen LogP contribution in [0.2, 0.25) is 0 Å². The molecule has 0 aliphatic carbocycles. The standard InChI is InChI=1S/C23H22FIN6O5S/c1-12-20(36-18-7-5-6-16(14(18)11-26)30-37(34,35)28-3)19(22(32)27-2)21(31(4)23(12)33)29-17-9-8-13(25)10-15(17)24/h5-10,28-30H,1-4H3,(H,27,32). The summed E-state index contributed by atoms with van der Waals surface area (Å²) in [5.74, 6) is -1.64. The zero-order chi connectivity index (χ0) is 27.5. The Kier molecular flexibility index (Phi) is 8.41. The van der Waals surface area contributed by atoms with E-state index in [9.17, 15) is 27.7 Å². The van der Waals surface area contributed by atoms with Crippen molar-refractivity contribution in [2.24, 2.45) is 7.05 Å². The Morgan fingerprint density at radius 1 is 1.19 bits per heavy atom. The Labute approximate surface area is 226 Å². The zero-order valence-corrected chi connectivity index (χ0v) is 23.0. The van der Waals surface area contributed by atoms with Crippen molar-refractivity contribution in [1.82, 2.24) is 14.6 Å². The van der Waals surface area contributed by atoms with E-state index >= 15 is 0 Å². The topological polar surface area (TPSA) is 154 Å². The number of ether oxygens (including phenoxy) is 1. The summed E-state index contributed by atoms with van der Waals surface area (Å²) in [6.45, 7) is 1.43. The number of nitrogens with zero attached hydrogens (tertiary/aromatic N) is 2. The van der Waals surface area contributed by atoms with Crippen molar-refractivity contribution in [3.05, 3.63) is 72.8 Å². The first-order chi connectivity index (χ1) is 17.4. The number of carbonyl (C=O) groups is 1. The van der Waals surface area contributed by atoms with E-state index < -0.39 is 27.5 Å². The number of hydrogen-bond donors (Lipinski definition) is 4. The van der Waals surface area contributed by atoms with Gasteiger partial charge in [-0.3, -0.25) is 18.9 Å². The van der Waals surface area contributed by atoms with Crippen LogP contribution in [0.1, 0.15) is 21.5 Å². The molecule has 11 nitrogen and oxygen atoms in total. The van der Waals surface area contributed by atoms with Gasteiger partial charge in [0.15, 0.2) is 5.75 Å². The SMILES string of the molecule is CNC(=O)c1c(Oc2cccc(NS(=O)(=O)NC)c2C#N)c(C)c(=O)n(C)c1Nc1ccc(I)cc1F. The fraction of sp³-hybridized carbons (Fsp3) is 0.174. The predicted octanol–water partition coefficient (Wildman–Crippen LogP) is 3.08. The Morgan fingerprint density at radius 2 is 1.89 bits per heavy atom. The summed E-state index contributed by atoms with van der Waals surface area (Å²) in [6, 6.07) is 10.4. The van der Waals surface area contributed by atoms with Gasteiger partial charge in [-0.1, -0.05) is 6.07 Å². The van der Waals surface area contributed by atoms with Crippen molar-refractivity contribution in [2.45, 2.75) is 6.92 Å². The molecule has 0 aliphatic heterocycles. The lowest BCUT2D eigenvalue weighted by atomic mass is 10.1. The third-order valence-corrected chi connectivity index (χ3v) is 6.96. The molecule has 0 spiro atoms. The minimum Gasteiger partial charge on any atom is -0.454 e. The molecule has 3 aromatic rings. The molecular weight excluding hydrogens is 618 g/mol. The van der Waals surface area contributed by atoms with Crippen LogP contribution in [0.5, 0.6) is 11.5 Å². The molecule has 0 saturated heterocycles. The molecule has 0 radical (unpaired) electrons. The largest absolute Gasteiger partial charge is 0.454 e. The first kappa shape index (κ1) is 27.9. The summed E-state index contributed by atoms with van der Waals surface area (Å²) in [5.41, 5.74) is -0.928. The number of carbonyl (C=O) groups excluding carboxylic acids is 1. The van der Waals surface area contributed by atoms with Crippen LogP contribution in [0.15, 0.2) is 41.2 Å². The van der Waals surface area contributed by atoms with Crippen LogP contribution in [0, 0.1) is 27.6 Å². The summed E-state index contributed by atoms with van der Waals surface area (Å²) in [5, 5.41) is 15.0. The van der Waals surface area contributed by atoms with Gasteiger partial charge < -0.3 is 15.4 Å². The predicted molar refractivity (Wildman–Crippen MR) is 145 cm³/mol. The molecule has 1 heterocycles. The third-order valence-electron chi connectivity index (χ3n) is 5.27. The number of rotatable bonds is 8. The summed E-state index contributed by atoms with van der Waals surface area (Å²) in [7, 11) is 0.0132. The van der Waals surface area contributed by atoms with Gasteiger partial charge >= 0.3 is 0 Å². The molecular formula is C23H22FIN6O5S. The number of nitriles is 1. The average molecular weight is 640 g/mol. The molecule has 0 unspecified atom stereocenters. The molecule has 0 saturated carbocycles. The molecule has 37 heavy (non-hydrogen) atoms. The lowest BCUT2D eigenvalue weighted by molar-refractivity contribution is 0.0960. The molecule has 0 aliphatic rings. The summed E-state index contributed by atoms with van der Waals surface area (Å²) >= 11 is 1.95. The molecule has 0 bridgehead atoms. The van der Waals surface area contributed by atoms with Gasteiger partial charge in [-0.15, -0.1) is 0 Å². The second-order valence-electron chi connectivity index (χ2n) is 7.57. The van der Waals surface area contributed by atoms with E-state index in [0.29, 0.717) is 3.57 Å². The molecule has 1 amide bonds. The number of benzene rings is 2. The van der Waals surface area contributed by atoms with Crippen LogP contribution in [0.4, 0.5) is 21.6 Å². The fourth-order valence-electron chi connectivity index (χ4n) is 3.36. The lowest BCUT2D eigenvalue weighted by Crippen LogP contribution is -2.29. The molecule has 0 fully saturated rings. The van der Waals surface area contributed by atoms with Crippen molar-refractivity contribution < 1.29 is 22.3 Å². The number of anilines is 3. The molecule has 14 heteroatoms. The van der Waals surface area contributed by atoms with E-state index in [2.05, 4.69) is 20.1 Å². The van der Waals surface area contributed by atoms with Crippen LogP contribution >= 0.6 is 22.6 Å². The fourth-order valence-corrected chi connectivity index (χ4v) is 4.38. The van der Waals surface area contributed by atoms with Crippen molar-refractivity contribution in [3.63, 3.8) is 0 Å². The lowest BCUT2D eigenvalue weighted by Gasteiger charge is -2.21. The second kappa shape index (κ2) is 11.2. The Balaban J connectivity index is 2.25. The highest BCUT2D eigenvalue weighted by Crippen LogP contribution is 2.37. The van der Waals surface area contributed by atoms with E-state index in [1.165, 1.54) is 58.4 Å². The van der Waals surface area contributed by atoms with Crippen molar-refractivity contribution in [2.75, 3.05) is 24.1 Å². The van der Waals surface area contributed by atoms with Gasteiger partial charge in [0.1, 0.15) is 34.6 Å². The Hall–Kier alpha value is -3.68. The van der Waals surface area contributed by atoms with Crippen LogP contribution < -0.4 is 30.4 Å². The highest BCUT2D eigenvalue weighted by Gasteiger charge is 2.27. The summed E-state index contributed by atoms with van der Waals surface area (Å²) in [6.07, 6.45) is 0. The molecule has 2 aromatic carbocycles. The van der Waals surface area contributed by atoms with E-state index in [4.69, 9.17) is 4.74 Å². The normalized spacial score (nSPS) is 10.9. The minimum atomic E-state index is -3.96. The third kappa shape index (κ3) is 5.84. The van der Waals surface area contributed by atoms with Gasteiger partial charge in [-0.25, -0.2) is 9.11 Å². The first-order valence-corrected chi connectivity index (χ1v) is 13.1. The number of halogens is 2. The molecule has 4 N–H and O–H groups in total. The molecule has 3 rings (SSSR count). The van der Waals surface area contributed by atoms with Crippen LogP contribution in [-0.4, -0.2) is 33.0 Å². The number of amides is 1. The van der Waals surface area contributed by atoms with Crippen molar-refractivity contribution >= 4 is 55.9 Å². The van der Waals surface area contributed by atoms with Crippen LogP contribution in [0.25, 0.3) is 0 Å². The number of pyridine rings is 1. The Bertz CT molecular complexity index is 1600. The molecule has 1 aromatic heterocycles. The van der Waals surface area contributed by atoms with E-state index in [0.717, 1.165) is 4.57 Å². The first-order valence-electron chi connectivity index (χ1n) is 10.5. The van der Waals surface area contributed by atoms with E-state index in [1.54, 1.807) is 6.07 Å². The number of hydrogen-bond acceptors (Lipinski definition) is 7. The van der Waals surface area contributed by atoms with Gasteiger partial charge in [0, 0.05) is 24.7 Å². The average Bonchev–Trinajstić information content (AvgIpc) is 2.86.